The van der Waals surface area contributed by atoms with Crippen molar-refractivity contribution in [3.05, 3.63) is 88.0 Å². The minimum atomic E-state index is -6.48. The lowest BCUT2D eigenvalue weighted by Crippen LogP contribution is -2.36. The van der Waals surface area contributed by atoms with Crippen LogP contribution in [-0.2, 0) is 37.1 Å². The Morgan fingerprint density at radius 2 is 0.628 bits per heavy atom. The minimum absolute atomic E-state index is 0.287. The van der Waals surface area contributed by atoms with Crippen LogP contribution < -0.4 is 15.9 Å². The zero-order valence-electron chi connectivity index (χ0n) is 19.9. The van der Waals surface area contributed by atoms with Crippen LogP contribution in [0.3, 0.4) is 0 Å². The van der Waals surface area contributed by atoms with Crippen molar-refractivity contribution in [2.75, 3.05) is 0 Å². The number of benzene rings is 3. The topological polar surface area (TPSA) is 0 Å². The van der Waals surface area contributed by atoms with Crippen LogP contribution >= 0.6 is 7.92 Å². The molecule has 236 valence electrons. The Hall–Kier alpha value is -3.17. The molecule has 3 rings (SSSR count). The number of alkyl halides is 18. The second kappa shape index (κ2) is 10.8. The first-order valence-corrected chi connectivity index (χ1v) is 12.1. The van der Waals surface area contributed by atoms with Crippen molar-refractivity contribution >= 4 is 23.8 Å². The van der Waals surface area contributed by atoms with E-state index in [1.54, 1.807) is 0 Å². The van der Waals surface area contributed by atoms with Crippen LogP contribution in [0.2, 0.25) is 0 Å². The van der Waals surface area contributed by atoms with E-state index in [1.807, 2.05) is 0 Å². The highest BCUT2D eigenvalue weighted by Crippen LogP contribution is 2.53. The molecule has 0 atom stereocenters. The molecule has 0 bridgehead atoms. The summed E-state index contributed by atoms with van der Waals surface area (Å²) in [6.45, 7) is 0. The summed E-state index contributed by atoms with van der Waals surface area (Å²) in [5.41, 5.74) is -19.0. The Balaban J connectivity index is 2.71. The van der Waals surface area contributed by atoms with Crippen molar-refractivity contribution in [3.8, 4) is 0 Å². The van der Waals surface area contributed by atoms with Crippen LogP contribution in [-0.4, -0.2) is 0 Å². The van der Waals surface area contributed by atoms with Gasteiger partial charge in [0.25, 0.3) is 0 Å². The molecule has 0 unspecified atom stereocenters. The van der Waals surface area contributed by atoms with Crippen LogP contribution in [0.4, 0.5) is 79.0 Å². The number of rotatable bonds is 3. The van der Waals surface area contributed by atoms with Gasteiger partial charge in [-0.2, -0.15) is 79.0 Å². The summed E-state index contributed by atoms with van der Waals surface area (Å²) < 4.78 is 249. The average molecular weight is 670 g/mol. The molecule has 0 aliphatic rings. The number of hydrogen-bond donors (Lipinski definition) is 0. The molecule has 0 heterocycles. The predicted octanol–water partition coefficient (Wildman–Crippen LogP) is 9.56. The maximum Gasteiger partial charge on any atom is 0.417 e. The highest BCUT2D eigenvalue weighted by molar-refractivity contribution is 7.80. The van der Waals surface area contributed by atoms with Gasteiger partial charge in [0.15, 0.2) is 0 Å². The summed E-state index contributed by atoms with van der Waals surface area (Å²) in [5, 5.41) is -4.82. The van der Waals surface area contributed by atoms with Gasteiger partial charge >= 0.3 is 37.1 Å². The van der Waals surface area contributed by atoms with E-state index in [4.69, 9.17) is 0 Å². The molecule has 0 fully saturated rings. The molecular formula is C24H9F18P. The normalized spacial score (nSPS) is 14.0. The number of halogens is 18. The molecule has 0 aliphatic heterocycles. The van der Waals surface area contributed by atoms with E-state index < -0.39 is 106 Å². The van der Waals surface area contributed by atoms with Crippen molar-refractivity contribution in [1.82, 2.24) is 0 Å². The van der Waals surface area contributed by atoms with Crippen LogP contribution in [0.15, 0.2) is 54.6 Å². The van der Waals surface area contributed by atoms with Gasteiger partial charge in [-0.25, -0.2) is 0 Å². The highest BCUT2D eigenvalue weighted by atomic mass is 31.1. The Labute approximate surface area is 228 Å². The van der Waals surface area contributed by atoms with Crippen molar-refractivity contribution < 1.29 is 79.0 Å². The van der Waals surface area contributed by atoms with Crippen LogP contribution in [0, 0.1) is 0 Å². The van der Waals surface area contributed by atoms with Crippen LogP contribution in [0.1, 0.15) is 33.4 Å². The third-order valence-electron chi connectivity index (χ3n) is 5.61. The van der Waals surface area contributed by atoms with Crippen molar-refractivity contribution in [2.24, 2.45) is 0 Å². The lowest BCUT2D eigenvalue weighted by Gasteiger charge is -2.31. The summed E-state index contributed by atoms with van der Waals surface area (Å²) in [6.07, 6.45) is -38.0. The Morgan fingerprint density at radius 1 is 0.326 bits per heavy atom. The van der Waals surface area contributed by atoms with Gasteiger partial charge in [0.05, 0.1) is 33.4 Å². The van der Waals surface area contributed by atoms with Gasteiger partial charge in [0.1, 0.15) is 0 Å². The molecule has 0 saturated heterocycles. The Bertz CT molecular complexity index is 1380. The van der Waals surface area contributed by atoms with Gasteiger partial charge in [0.2, 0.25) is 0 Å². The van der Waals surface area contributed by atoms with Crippen molar-refractivity contribution in [3.63, 3.8) is 0 Å². The molecule has 0 amide bonds. The molecule has 3 aromatic carbocycles. The molecule has 0 aromatic heterocycles. The lowest BCUT2D eigenvalue weighted by atomic mass is 9.99. The molecule has 43 heavy (non-hydrogen) atoms. The molecule has 3 aromatic rings. The standard InChI is InChI=1S/C24H9F18P/c25-19(26,27)11-6-8-13(17(23(37,38)39)15(11)21(31,32)33)43(10-4-2-1-3-5-10)14-9-7-12(20(28,29)30)16(22(34,35)36)18(14)24(40,41)42/h1-9H. The molecule has 0 nitrogen and oxygen atoms in total. The van der Waals surface area contributed by atoms with E-state index in [0.29, 0.717) is 12.1 Å². The summed E-state index contributed by atoms with van der Waals surface area (Å²) in [4.78, 5) is 0. The van der Waals surface area contributed by atoms with Gasteiger partial charge in [-0.3, -0.25) is 0 Å². The SMILES string of the molecule is FC(F)(F)c1ccc(P(c2ccccc2)c2ccc(C(F)(F)F)c(C(F)(F)F)c2C(F)(F)F)c(C(F)(F)F)c1C(F)(F)F. The quantitative estimate of drug-likeness (QED) is 0.193. The van der Waals surface area contributed by atoms with Crippen LogP contribution in [0.5, 0.6) is 0 Å². The predicted molar refractivity (Wildman–Crippen MR) is 115 cm³/mol. The van der Waals surface area contributed by atoms with Gasteiger partial charge in [0, 0.05) is 0 Å². The minimum Gasteiger partial charge on any atom is -0.166 e. The van der Waals surface area contributed by atoms with Gasteiger partial charge in [-0.1, -0.05) is 42.5 Å². The molecular weight excluding hydrogens is 661 g/mol. The lowest BCUT2D eigenvalue weighted by molar-refractivity contribution is -0.174. The molecule has 0 saturated carbocycles. The third-order valence-corrected chi connectivity index (χ3v) is 8.13. The van der Waals surface area contributed by atoms with Gasteiger partial charge in [-0.15, -0.1) is 0 Å². The second-order valence-corrected chi connectivity index (χ2v) is 10.6. The first kappa shape index (κ1) is 34.3. The van der Waals surface area contributed by atoms with E-state index in [2.05, 4.69) is 0 Å². The van der Waals surface area contributed by atoms with Gasteiger partial charge < -0.3 is 0 Å². The summed E-state index contributed by atoms with van der Waals surface area (Å²) in [7, 11) is -4.01. The zero-order chi connectivity index (χ0) is 33.1. The monoisotopic (exact) mass is 670 g/mol. The maximum absolute atomic E-state index is 14.2. The van der Waals surface area contributed by atoms with E-state index in [1.165, 1.54) is 0 Å². The van der Waals surface area contributed by atoms with Crippen molar-refractivity contribution in [2.45, 2.75) is 37.1 Å². The first-order chi connectivity index (χ1) is 19.2. The Kier molecular flexibility index (Phi) is 8.60. The average Bonchev–Trinajstić information content (AvgIpc) is 2.80. The Morgan fingerprint density at radius 3 is 0.884 bits per heavy atom. The fourth-order valence-electron chi connectivity index (χ4n) is 4.18. The van der Waals surface area contributed by atoms with Gasteiger partial charge in [-0.05, 0) is 36.0 Å². The molecule has 0 aliphatic carbocycles. The molecule has 0 radical (unpaired) electrons. The summed E-state index contributed by atoms with van der Waals surface area (Å²) in [5.74, 6) is 0. The van der Waals surface area contributed by atoms with E-state index in [-0.39, 0.29) is 12.1 Å². The van der Waals surface area contributed by atoms with E-state index in [0.717, 1.165) is 18.2 Å². The maximum atomic E-state index is 14.2. The molecule has 19 heteroatoms. The highest BCUT2D eigenvalue weighted by Gasteiger charge is 2.55. The largest absolute Gasteiger partial charge is 0.417 e. The summed E-state index contributed by atoms with van der Waals surface area (Å²) >= 11 is 0. The molecule has 0 spiro atoms. The van der Waals surface area contributed by atoms with Crippen molar-refractivity contribution in [1.29, 1.82) is 0 Å². The first-order valence-electron chi connectivity index (χ1n) is 10.8. The smallest absolute Gasteiger partial charge is 0.166 e. The fraction of sp³-hybridized carbons (Fsp3) is 0.250. The number of hydrogen-bond acceptors (Lipinski definition) is 0. The summed E-state index contributed by atoms with van der Waals surface area (Å²) in [6, 6.07) is 2.41. The zero-order valence-corrected chi connectivity index (χ0v) is 20.8. The third kappa shape index (κ3) is 6.99. The van der Waals surface area contributed by atoms with Crippen LogP contribution in [0.25, 0.3) is 0 Å². The van der Waals surface area contributed by atoms with E-state index >= 15 is 0 Å². The van der Waals surface area contributed by atoms with E-state index in [9.17, 15) is 79.0 Å². The molecule has 0 N–H and O–H groups in total. The fourth-order valence-corrected chi connectivity index (χ4v) is 6.83. The second-order valence-electron chi connectivity index (χ2n) is 8.42.